The third kappa shape index (κ3) is 2.61. The number of benzene rings is 1. The van der Waals surface area contributed by atoms with Gasteiger partial charge in [0.25, 0.3) is 0 Å². The van der Waals surface area contributed by atoms with E-state index in [0.717, 1.165) is 17.9 Å². The fourth-order valence-electron chi connectivity index (χ4n) is 2.57. The maximum Gasteiger partial charge on any atom is 0.0858 e. The average Bonchev–Trinajstić information content (AvgIpc) is 3.02. The lowest BCUT2D eigenvalue weighted by atomic mass is 10.2. The molecule has 1 aromatic carbocycles. The van der Waals surface area contributed by atoms with Gasteiger partial charge in [-0.3, -0.25) is 0 Å². The van der Waals surface area contributed by atoms with Crippen molar-refractivity contribution in [2.24, 2.45) is 0 Å². The zero-order valence-corrected chi connectivity index (χ0v) is 11.3. The lowest BCUT2D eigenvalue weighted by Crippen LogP contribution is -2.24. The highest BCUT2D eigenvalue weighted by Gasteiger charge is 2.25. The van der Waals surface area contributed by atoms with Crippen LogP contribution in [0.2, 0.25) is 0 Å². The lowest BCUT2D eigenvalue weighted by Gasteiger charge is -2.14. The van der Waals surface area contributed by atoms with Crippen molar-refractivity contribution < 1.29 is 0 Å². The fourth-order valence-corrected chi connectivity index (χ4v) is 2.57. The highest BCUT2D eigenvalue weighted by molar-refractivity contribution is 5.49. The highest BCUT2D eigenvalue weighted by Crippen LogP contribution is 2.20. The first-order chi connectivity index (χ1) is 9.22. The predicted octanol–water partition coefficient (Wildman–Crippen LogP) is 1.77. The van der Waals surface area contributed by atoms with Gasteiger partial charge in [-0.25, -0.2) is 0 Å². The predicted molar refractivity (Wildman–Crippen MR) is 75.5 cm³/mol. The molecule has 2 aromatic rings. The lowest BCUT2D eigenvalue weighted by molar-refractivity contribution is 0.330. The van der Waals surface area contributed by atoms with Crippen LogP contribution < -0.4 is 5.32 Å². The van der Waals surface area contributed by atoms with Crippen LogP contribution in [0.3, 0.4) is 0 Å². The summed E-state index contributed by atoms with van der Waals surface area (Å²) in [5, 5.41) is 11.8. The van der Waals surface area contributed by atoms with Crippen molar-refractivity contribution in [2.45, 2.75) is 25.4 Å². The van der Waals surface area contributed by atoms with Crippen LogP contribution >= 0.6 is 0 Å². The van der Waals surface area contributed by atoms with Crippen LogP contribution in [0.5, 0.6) is 0 Å². The van der Waals surface area contributed by atoms with Crippen LogP contribution in [0.25, 0.3) is 5.69 Å². The van der Waals surface area contributed by atoms with Crippen LogP contribution in [0.4, 0.5) is 5.69 Å². The summed E-state index contributed by atoms with van der Waals surface area (Å²) in [5.41, 5.74) is 2.14. The van der Waals surface area contributed by atoms with Crippen molar-refractivity contribution in [3.63, 3.8) is 0 Å². The van der Waals surface area contributed by atoms with E-state index in [-0.39, 0.29) is 0 Å². The van der Waals surface area contributed by atoms with Gasteiger partial charge in [0.1, 0.15) is 0 Å². The Kier molecular flexibility index (Phi) is 3.21. The maximum absolute atomic E-state index is 4.12. The van der Waals surface area contributed by atoms with E-state index in [1.807, 2.05) is 12.1 Å². The molecule has 1 N–H and O–H groups in total. The number of nitrogens with one attached hydrogen (secondary N) is 1. The van der Waals surface area contributed by atoms with Crippen LogP contribution in [-0.4, -0.2) is 45.6 Å². The average molecular weight is 257 g/mol. The largest absolute Gasteiger partial charge is 0.381 e. The van der Waals surface area contributed by atoms with Crippen LogP contribution in [-0.2, 0) is 0 Å². The van der Waals surface area contributed by atoms with Crippen LogP contribution in [0.1, 0.15) is 13.3 Å². The topological polar surface area (TPSA) is 46.0 Å². The van der Waals surface area contributed by atoms with Crippen molar-refractivity contribution in [2.75, 3.05) is 18.9 Å². The zero-order valence-electron chi connectivity index (χ0n) is 11.3. The number of rotatable bonds is 3. The monoisotopic (exact) mass is 257 g/mol. The van der Waals surface area contributed by atoms with E-state index in [1.54, 1.807) is 17.2 Å². The van der Waals surface area contributed by atoms with E-state index < -0.39 is 0 Å². The van der Waals surface area contributed by atoms with Crippen molar-refractivity contribution in [1.82, 2.24) is 19.9 Å². The van der Waals surface area contributed by atoms with Crippen molar-refractivity contribution in [3.05, 3.63) is 36.7 Å². The molecule has 2 atom stereocenters. The fraction of sp³-hybridized carbons (Fsp3) is 0.429. The Morgan fingerprint density at radius 2 is 1.84 bits per heavy atom. The van der Waals surface area contributed by atoms with Gasteiger partial charge in [-0.05, 0) is 44.7 Å². The molecule has 5 heteroatoms. The second kappa shape index (κ2) is 5.01. The highest BCUT2D eigenvalue weighted by atomic mass is 15.5. The van der Waals surface area contributed by atoms with Gasteiger partial charge in [-0.1, -0.05) is 0 Å². The minimum absolute atomic E-state index is 0.536. The molecule has 2 unspecified atom stereocenters. The Morgan fingerprint density at radius 1 is 1.16 bits per heavy atom. The molecule has 0 amide bonds. The van der Waals surface area contributed by atoms with Gasteiger partial charge in [0.2, 0.25) is 0 Å². The van der Waals surface area contributed by atoms with Gasteiger partial charge >= 0.3 is 0 Å². The Bertz CT molecular complexity index is 509. The van der Waals surface area contributed by atoms with Gasteiger partial charge < -0.3 is 10.2 Å². The van der Waals surface area contributed by atoms with E-state index in [2.05, 4.69) is 46.5 Å². The van der Waals surface area contributed by atoms with Gasteiger partial charge in [-0.15, -0.1) is 0 Å². The standard InChI is InChI=1S/C14H19N5/c1-11-9-13(10-18(11)2)17-12-3-5-14(6-4-12)19-15-7-8-16-19/h3-8,11,13,17H,9-10H2,1-2H3. The first-order valence-corrected chi connectivity index (χ1v) is 6.66. The molecule has 19 heavy (non-hydrogen) atoms. The van der Waals surface area contributed by atoms with E-state index in [4.69, 9.17) is 0 Å². The minimum Gasteiger partial charge on any atom is -0.381 e. The quantitative estimate of drug-likeness (QED) is 0.910. The number of hydrogen-bond acceptors (Lipinski definition) is 4. The molecule has 0 aliphatic carbocycles. The van der Waals surface area contributed by atoms with E-state index in [0.29, 0.717) is 12.1 Å². The Hall–Kier alpha value is -1.88. The van der Waals surface area contributed by atoms with E-state index in [1.165, 1.54) is 6.42 Å². The molecule has 1 aromatic heterocycles. The van der Waals surface area contributed by atoms with E-state index in [9.17, 15) is 0 Å². The Morgan fingerprint density at radius 3 is 2.42 bits per heavy atom. The Labute approximate surface area is 113 Å². The van der Waals surface area contributed by atoms with Crippen LogP contribution in [0, 0.1) is 0 Å². The van der Waals surface area contributed by atoms with E-state index >= 15 is 0 Å². The summed E-state index contributed by atoms with van der Waals surface area (Å²) in [7, 11) is 2.18. The van der Waals surface area contributed by atoms with Gasteiger partial charge in [0, 0.05) is 24.3 Å². The molecule has 1 saturated heterocycles. The summed E-state index contributed by atoms with van der Waals surface area (Å²) in [6, 6.07) is 9.43. The molecule has 0 saturated carbocycles. The molecular formula is C14H19N5. The number of likely N-dealkylation sites (N-methyl/N-ethyl adjacent to an activating group) is 1. The molecule has 3 rings (SSSR count). The summed E-state index contributed by atoms with van der Waals surface area (Å²) in [5.74, 6) is 0. The zero-order chi connectivity index (χ0) is 13.2. The summed E-state index contributed by atoms with van der Waals surface area (Å²) in [6.07, 6.45) is 4.56. The SMILES string of the molecule is CC1CC(Nc2ccc(-n3nccn3)cc2)CN1C. The molecule has 0 spiro atoms. The number of hydrogen-bond donors (Lipinski definition) is 1. The van der Waals surface area contributed by atoms with Gasteiger partial charge in [0.15, 0.2) is 0 Å². The third-order valence-electron chi connectivity index (χ3n) is 3.77. The first-order valence-electron chi connectivity index (χ1n) is 6.66. The first kappa shape index (κ1) is 12.2. The van der Waals surface area contributed by atoms with Crippen molar-refractivity contribution in [1.29, 1.82) is 0 Å². The number of nitrogens with zero attached hydrogens (tertiary/aromatic N) is 4. The van der Waals surface area contributed by atoms with Gasteiger partial charge in [-0.2, -0.15) is 15.0 Å². The second-order valence-corrected chi connectivity index (χ2v) is 5.23. The van der Waals surface area contributed by atoms with Gasteiger partial charge in [0.05, 0.1) is 18.1 Å². The number of aromatic nitrogens is 3. The summed E-state index contributed by atoms with van der Waals surface area (Å²) in [4.78, 5) is 4.01. The molecule has 2 heterocycles. The normalized spacial score (nSPS) is 23.7. The smallest absolute Gasteiger partial charge is 0.0858 e. The number of anilines is 1. The molecule has 1 aliphatic rings. The molecule has 100 valence electrons. The molecule has 0 bridgehead atoms. The van der Waals surface area contributed by atoms with Crippen molar-refractivity contribution >= 4 is 5.69 Å². The summed E-state index contributed by atoms with van der Waals surface area (Å²) < 4.78 is 0. The second-order valence-electron chi connectivity index (χ2n) is 5.23. The minimum atomic E-state index is 0.536. The maximum atomic E-state index is 4.12. The molecule has 1 aliphatic heterocycles. The summed E-state index contributed by atoms with van der Waals surface area (Å²) >= 11 is 0. The molecule has 0 radical (unpaired) electrons. The van der Waals surface area contributed by atoms with Crippen molar-refractivity contribution in [3.8, 4) is 5.69 Å². The van der Waals surface area contributed by atoms with Crippen LogP contribution in [0.15, 0.2) is 36.7 Å². The summed E-state index contributed by atoms with van der Waals surface area (Å²) in [6.45, 7) is 3.37. The molecule has 5 nitrogen and oxygen atoms in total. The molecule has 1 fully saturated rings. The molecular weight excluding hydrogens is 238 g/mol. The third-order valence-corrected chi connectivity index (χ3v) is 3.77. The number of likely N-dealkylation sites (tertiary alicyclic amines) is 1. The Balaban J connectivity index is 1.67.